The summed E-state index contributed by atoms with van der Waals surface area (Å²) >= 11 is 1.31. The monoisotopic (exact) mass is 632 g/mol. The third kappa shape index (κ3) is 5.04. The molecule has 0 saturated heterocycles. The molecule has 0 amide bonds. The number of benzene rings is 4. The number of nitro groups is 2. The summed E-state index contributed by atoms with van der Waals surface area (Å²) in [4.78, 5) is 41.0. The molecule has 5 aromatic rings. The minimum atomic E-state index is -0.748. The quantitative estimate of drug-likeness (QED) is 0.160. The van der Waals surface area contributed by atoms with Crippen molar-refractivity contribution in [3.05, 3.63) is 159 Å². The van der Waals surface area contributed by atoms with E-state index in [4.69, 9.17) is 14.5 Å². The first-order valence-electron chi connectivity index (χ1n) is 14.3. The zero-order chi connectivity index (χ0) is 31.9. The van der Waals surface area contributed by atoms with E-state index in [9.17, 15) is 25.0 Å². The van der Waals surface area contributed by atoms with Gasteiger partial charge < -0.3 is 9.47 Å². The SMILES string of the molecule is COc1cc(/C=c2\sc3n(c2=O)[C@H](c2ccccc2)C2=C(N=3)c3ccccc3CC2)ccc1Oc1ccc([N+](=O)[O-])cc1[N+](=O)[O-]. The lowest BCUT2D eigenvalue weighted by molar-refractivity contribution is -0.394. The number of hydrogen-bond donors (Lipinski definition) is 0. The van der Waals surface area contributed by atoms with Gasteiger partial charge in [-0.3, -0.25) is 29.6 Å². The lowest BCUT2D eigenvalue weighted by atomic mass is 9.83. The molecule has 1 aromatic heterocycles. The van der Waals surface area contributed by atoms with Gasteiger partial charge in [0.05, 0.1) is 39.3 Å². The molecule has 1 aliphatic heterocycles. The number of rotatable bonds is 7. The summed E-state index contributed by atoms with van der Waals surface area (Å²) in [6, 6.07) is 26.0. The fraction of sp³-hybridized carbons (Fsp3) is 0.118. The van der Waals surface area contributed by atoms with Gasteiger partial charge >= 0.3 is 5.69 Å². The van der Waals surface area contributed by atoms with Gasteiger partial charge in [0.15, 0.2) is 16.3 Å². The maximum absolute atomic E-state index is 14.1. The van der Waals surface area contributed by atoms with E-state index in [2.05, 4.69) is 12.1 Å². The summed E-state index contributed by atoms with van der Waals surface area (Å²) in [5.74, 6) is 0.235. The number of thiazole rings is 1. The summed E-state index contributed by atoms with van der Waals surface area (Å²) in [5.41, 5.74) is 4.88. The van der Waals surface area contributed by atoms with E-state index in [1.54, 1.807) is 28.8 Å². The smallest absolute Gasteiger partial charge is 0.318 e. The molecule has 0 radical (unpaired) electrons. The molecule has 0 bridgehead atoms. The second kappa shape index (κ2) is 11.6. The number of aryl methyl sites for hydroxylation is 1. The van der Waals surface area contributed by atoms with E-state index in [0.717, 1.165) is 47.4 Å². The Morgan fingerprint density at radius 2 is 1.65 bits per heavy atom. The molecule has 0 fully saturated rings. The number of fused-ring (bicyclic) bond motifs is 3. The Labute approximate surface area is 264 Å². The third-order valence-corrected chi connectivity index (χ3v) is 9.03. The largest absolute Gasteiger partial charge is 0.493 e. The van der Waals surface area contributed by atoms with Crippen molar-refractivity contribution in [2.24, 2.45) is 4.99 Å². The molecule has 0 unspecified atom stereocenters. The highest BCUT2D eigenvalue weighted by atomic mass is 32.1. The Kier molecular flexibility index (Phi) is 7.26. The third-order valence-electron chi connectivity index (χ3n) is 8.04. The van der Waals surface area contributed by atoms with Gasteiger partial charge in [-0.1, -0.05) is 72.0 Å². The van der Waals surface area contributed by atoms with Crippen LogP contribution in [-0.4, -0.2) is 21.5 Å². The molecular weight excluding hydrogens is 608 g/mol. The van der Waals surface area contributed by atoms with E-state index >= 15 is 0 Å². The summed E-state index contributed by atoms with van der Waals surface area (Å²) in [6.07, 6.45) is 3.42. The van der Waals surface area contributed by atoms with Crippen LogP contribution in [0.25, 0.3) is 11.8 Å². The van der Waals surface area contributed by atoms with Crippen molar-refractivity contribution in [1.29, 1.82) is 0 Å². The summed E-state index contributed by atoms with van der Waals surface area (Å²) in [6.45, 7) is 0. The number of nitro benzene ring substituents is 2. The Morgan fingerprint density at radius 3 is 2.41 bits per heavy atom. The second-order valence-electron chi connectivity index (χ2n) is 10.7. The predicted octanol–water partition coefficient (Wildman–Crippen LogP) is 5.94. The maximum Gasteiger partial charge on any atom is 0.318 e. The Hall–Kier alpha value is -5.88. The molecule has 0 saturated carbocycles. The van der Waals surface area contributed by atoms with Crippen molar-refractivity contribution in [2.75, 3.05) is 7.11 Å². The normalized spacial score (nSPS) is 15.3. The minimum Gasteiger partial charge on any atom is -0.493 e. The first kappa shape index (κ1) is 28.9. The molecule has 1 atom stereocenters. The molecule has 0 spiro atoms. The molecule has 12 heteroatoms. The summed E-state index contributed by atoms with van der Waals surface area (Å²) in [5, 5.41) is 22.7. The van der Waals surface area contributed by atoms with Crippen molar-refractivity contribution < 1.29 is 19.3 Å². The molecule has 1 aliphatic carbocycles. The molecule has 228 valence electrons. The van der Waals surface area contributed by atoms with E-state index in [1.165, 1.54) is 30.1 Å². The van der Waals surface area contributed by atoms with Crippen molar-refractivity contribution in [1.82, 2.24) is 4.57 Å². The first-order valence-corrected chi connectivity index (χ1v) is 15.1. The highest BCUT2D eigenvalue weighted by molar-refractivity contribution is 7.07. The first-order chi connectivity index (χ1) is 22.3. The second-order valence-corrected chi connectivity index (χ2v) is 11.7. The Morgan fingerprint density at radius 1 is 0.891 bits per heavy atom. The van der Waals surface area contributed by atoms with Crippen LogP contribution in [0.2, 0.25) is 0 Å². The van der Waals surface area contributed by atoms with Crippen molar-refractivity contribution in [3.63, 3.8) is 0 Å². The molecule has 2 heterocycles. The Balaban J connectivity index is 1.31. The highest BCUT2D eigenvalue weighted by Crippen LogP contribution is 2.41. The van der Waals surface area contributed by atoms with Crippen molar-refractivity contribution in [3.8, 4) is 17.2 Å². The van der Waals surface area contributed by atoms with Gasteiger partial charge in [-0.2, -0.15) is 0 Å². The number of allylic oxidation sites excluding steroid dienone is 1. The van der Waals surface area contributed by atoms with Gasteiger partial charge in [-0.05, 0) is 59.4 Å². The van der Waals surface area contributed by atoms with E-state index in [1.807, 2.05) is 42.5 Å². The molecule has 0 N–H and O–H groups in total. The average Bonchev–Trinajstić information content (AvgIpc) is 3.38. The molecule has 11 nitrogen and oxygen atoms in total. The number of methoxy groups -OCH3 is 1. The molecule has 2 aliphatic rings. The number of non-ortho nitro benzene ring substituents is 1. The lowest BCUT2D eigenvalue weighted by Crippen LogP contribution is -2.38. The zero-order valence-corrected chi connectivity index (χ0v) is 25.1. The van der Waals surface area contributed by atoms with Gasteiger partial charge in [0.2, 0.25) is 5.75 Å². The van der Waals surface area contributed by atoms with Gasteiger partial charge in [0.1, 0.15) is 0 Å². The lowest BCUT2D eigenvalue weighted by Gasteiger charge is -2.30. The van der Waals surface area contributed by atoms with Crippen LogP contribution >= 0.6 is 11.3 Å². The maximum atomic E-state index is 14.1. The standard InChI is InChI=1S/C34H24N4O7S/c1-44-29-17-20(11-15-28(29)45-27-16-13-23(37(40)41)19-26(27)38(42)43)18-30-33(39)36-32(22-8-3-2-4-9-22)25-14-12-21-7-5-6-10-24(21)31(25)35-34(36)46-30/h2-11,13,15-19,32H,12,14H2,1H3/b30-18-/t32-/m1/s1. The van der Waals surface area contributed by atoms with Crippen LogP contribution in [0.5, 0.6) is 17.2 Å². The van der Waals surface area contributed by atoms with Crippen LogP contribution in [-0.2, 0) is 6.42 Å². The van der Waals surface area contributed by atoms with E-state index < -0.39 is 21.2 Å². The van der Waals surface area contributed by atoms with Gasteiger partial charge in [-0.25, -0.2) is 4.99 Å². The fourth-order valence-corrected chi connectivity index (χ4v) is 6.94. The molecule has 4 aromatic carbocycles. The van der Waals surface area contributed by atoms with Crippen LogP contribution in [0.4, 0.5) is 11.4 Å². The summed E-state index contributed by atoms with van der Waals surface area (Å²) < 4.78 is 13.6. The van der Waals surface area contributed by atoms with Crippen LogP contribution < -0.4 is 24.4 Å². The topological polar surface area (TPSA) is 139 Å². The summed E-state index contributed by atoms with van der Waals surface area (Å²) in [7, 11) is 1.42. The van der Waals surface area contributed by atoms with Crippen molar-refractivity contribution >= 4 is 34.5 Å². The van der Waals surface area contributed by atoms with Crippen LogP contribution in [0.1, 0.15) is 34.7 Å². The average molecular weight is 633 g/mol. The fourth-order valence-electron chi connectivity index (χ4n) is 5.93. The number of ether oxygens (including phenoxy) is 2. The minimum absolute atomic E-state index is 0.161. The molecular formula is C34H24N4O7S. The van der Waals surface area contributed by atoms with Crippen LogP contribution in [0.15, 0.2) is 106 Å². The number of aromatic nitrogens is 1. The van der Waals surface area contributed by atoms with Gasteiger partial charge in [0.25, 0.3) is 11.2 Å². The number of hydrogen-bond acceptors (Lipinski definition) is 9. The number of nitrogens with zero attached hydrogens (tertiary/aromatic N) is 4. The van der Waals surface area contributed by atoms with Crippen LogP contribution in [0.3, 0.4) is 0 Å². The van der Waals surface area contributed by atoms with Gasteiger partial charge in [0, 0.05) is 11.6 Å². The van der Waals surface area contributed by atoms with Gasteiger partial charge in [-0.15, -0.1) is 0 Å². The highest BCUT2D eigenvalue weighted by Gasteiger charge is 2.32. The van der Waals surface area contributed by atoms with E-state index in [-0.39, 0.29) is 28.8 Å². The van der Waals surface area contributed by atoms with Crippen molar-refractivity contribution in [2.45, 2.75) is 18.9 Å². The van der Waals surface area contributed by atoms with Crippen LogP contribution in [0, 0.1) is 20.2 Å². The predicted molar refractivity (Wildman–Crippen MR) is 172 cm³/mol. The zero-order valence-electron chi connectivity index (χ0n) is 24.3. The Bertz CT molecular complexity index is 2270. The molecule has 7 rings (SSSR count). The van der Waals surface area contributed by atoms with E-state index in [0.29, 0.717) is 14.9 Å². The molecule has 46 heavy (non-hydrogen) atoms.